The van der Waals surface area contributed by atoms with Crippen LogP contribution in [0.4, 0.5) is 13.2 Å². The van der Waals surface area contributed by atoms with Crippen molar-refractivity contribution >= 4 is 0 Å². The van der Waals surface area contributed by atoms with Gasteiger partial charge in [0.1, 0.15) is 0 Å². The summed E-state index contributed by atoms with van der Waals surface area (Å²) in [5, 5.41) is 8.84. The molecule has 0 aliphatic carbocycles. The number of alkyl halides is 3. The number of aliphatic hydroxyl groups is 1. The van der Waals surface area contributed by atoms with Crippen LogP contribution in [0.3, 0.4) is 0 Å². The molecule has 0 unspecified atom stereocenters. The molecule has 0 spiro atoms. The zero-order valence-corrected chi connectivity index (χ0v) is 6.65. The lowest BCUT2D eigenvalue weighted by Gasteiger charge is -2.14. The topological polar surface area (TPSA) is 20.2 Å². The number of hydrogen-bond acceptors (Lipinski definition) is 1. The fraction of sp³-hybridized carbons (Fsp3) is 1.00. The molecule has 1 atom stereocenters. The van der Waals surface area contributed by atoms with Crippen LogP contribution in [0.5, 0.6) is 0 Å². The summed E-state index contributed by atoms with van der Waals surface area (Å²) in [6.07, 6.45) is -6.37. The van der Waals surface area contributed by atoms with Gasteiger partial charge >= 0.3 is 6.18 Å². The Labute approximate surface area is 64.2 Å². The van der Waals surface area contributed by atoms with Gasteiger partial charge in [0.05, 0.1) is 12.5 Å². The number of halogens is 3. The molecule has 1 nitrogen and oxygen atoms in total. The molecule has 0 fully saturated rings. The molecular weight excluding hydrogens is 157 g/mol. The van der Waals surface area contributed by atoms with Crippen LogP contribution in [0.1, 0.15) is 26.7 Å². The van der Waals surface area contributed by atoms with E-state index in [1.54, 1.807) is 13.8 Å². The Balaban J connectivity index is 3.61. The molecular formula is C7H13F3O. The average Bonchev–Trinajstić information content (AvgIpc) is 1.53. The highest BCUT2D eigenvalue weighted by molar-refractivity contribution is 4.63. The van der Waals surface area contributed by atoms with E-state index in [4.69, 9.17) is 5.11 Å². The summed E-state index contributed by atoms with van der Waals surface area (Å²) < 4.78 is 34.8. The Morgan fingerprint density at radius 3 is 2.00 bits per heavy atom. The maximum atomic E-state index is 11.6. The van der Waals surface area contributed by atoms with Crippen molar-refractivity contribution in [3.8, 4) is 0 Å². The zero-order chi connectivity index (χ0) is 9.07. The molecule has 0 aliphatic heterocycles. The molecule has 0 bridgehead atoms. The largest absolute Gasteiger partial charge is 0.393 e. The summed E-state index contributed by atoms with van der Waals surface area (Å²) in [5.41, 5.74) is 0. The van der Waals surface area contributed by atoms with Crippen LogP contribution >= 0.6 is 0 Å². The molecule has 0 heterocycles. The molecule has 0 saturated carbocycles. The van der Waals surface area contributed by atoms with E-state index in [2.05, 4.69) is 0 Å². The number of aliphatic hydroxyl groups excluding tert-OH is 1. The Hall–Kier alpha value is -0.250. The second-order valence-electron chi connectivity index (χ2n) is 3.10. The van der Waals surface area contributed by atoms with Gasteiger partial charge in [-0.2, -0.15) is 13.2 Å². The van der Waals surface area contributed by atoms with E-state index in [0.717, 1.165) is 0 Å². The minimum atomic E-state index is -4.24. The highest BCUT2D eigenvalue weighted by Gasteiger charge is 2.30. The third kappa shape index (κ3) is 7.65. The Morgan fingerprint density at radius 2 is 1.73 bits per heavy atom. The van der Waals surface area contributed by atoms with Crippen molar-refractivity contribution in [3.05, 3.63) is 0 Å². The maximum absolute atomic E-state index is 11.6. The quantitative estimate of drug-likeness (QED) is 0.689. The fourth-order valence-electron chi connectivity index (χ4n) is 0.895. The minimum Gasteiger partial charge on any atom is -0.393 e. The predicted molar refractivity (Wildman–Crippen MR) is 36.1 cm³/mol. The Kier molecular flexibility index (Phi) is 3.86. The molecule has 4 heteroatoms. The van der Waals surface area contributed by atoms with Crippen LogP contribution in [0.25, 0.3) is 0 Å². The summed E-state index contributed by atoms with van der Waals surface area (Å²) in [7, 11) is 0. The molecule has 0 aromatic heterocycles. The number of hydrogen-bond donors (Lipinski definition) is 1. The van der Waals surface area contributed by atoms with Gasteiger partial charge < -0.3 is 5.11 Å². The van der Waals surface area contributed by atoms with Gasteiger partial charge in [-0.1, -0.05) is 13.8 Å². The van der Waals surface area contributed by atoms with Crippen molar-refractivity contribution in [1.82, 2.24) is 0 Å². The zero-order valence-electron chi connectivity index (χ0n) is 6.65. The first kappa shape index (κ1) is 10.8. The first-order chi connectivity index (χ1) is 4.81. The molecule has 0 amide bonds. The standard InChI is InChI=1S/C7H13F3O/c1-5(2)3-6(11)4-7(8,9)10/h5-6,11H,3-4H2,1-2H3/t6-/m1/s1. The Morgan fingerprint density at radius 1 is 1.27 bits per heavy atom. The van der Waals surface area contributed by atoms with Crippen molar-refractivity contribution in [2.24, 2.45) is 5.92 Å². The van der Waals surface area contributed by atoms with Crippen LogP contribution in [0.15, 0.2) is 0 Å². The lowest BCUT2D eigenvalue weighted by atomic mass is 10.0. The monoisotopic (exact) mass is 170 g/mol. The lowest BCUT2D eigenvalue weighted by molar-refractivity contribution is -0.154. The third-order valence-electron chi connectivity index (χ3n) is 1.21. The van der Waals surface area contributed by atoms with Crippen molar-refractivity contribution < 1.29 is 18.3 Å². The van der Waals surface area contributed by atoms with E-state index in [-0.39, 0.29) is 12.3 Å². The number of rotatable bonds is 3. The van der Waals surface area contributed by atoms with Gasteiger partial charge in [-0.3, -0.25) is 0 Å². The van der Waals surface area contributed by atoms with Crippen LogP contribution in [-0.2, 0) is 0 Å². The van der Waals surface area contributed by atoms with Crippen LogP contribution in [0.2, 0.25) is 0 Å². The van der Waals surface area contributed by atoms with E-state index in [0.29, 0.717) is 0 Å². The van der Waals surface area contributed by atoms with Crippen molar-refractivity contribution in [2.75, 3.05) is 0 Å². The van der Waals surface area contributed by atoms with Gasteiger partial charge in [-0.25, -0.2) is 0 Å². The highest BCUT2D eigenvalue weighted by atomic mass is 19.4. The van der Waals surface area contributed by atoms with Gasteiger partial charge in [0.25, 0.3) is 0 Å². The molecule has 1 N–H and O–H groups in total. The van der Waals surface area contributed by atoms with Gasteiger partial charge in [0.2, 0.25) is 0 Å². The van der Waals surface area contributed by atoms with Crippen molar-refractivity contribution in [2.45, 2.75) is 39.0 Å². The second kappa shape index (κ2) is 3.95. The maximum Gasteiger partial charge on any atom is 0.391 e. The molecule has 0 saturated heterocycles. The smallest absolute Gasteiger partial charge is 0.391 e. The molecule has 0 aromatic rings. The molecule has 0 aromatic carbocycles. The van der Waals surface area contributed by atoms with E-state index in [9.17, 15) is 13.2 Å². The van der Waals surface area contributed by atoms with E-state index in [1.165, 1.54) is 0 Å². The first-order valence-electron chi connectivity index (χ1n) is 3.56. The third-order valence-corrected chi connectivity index (χ3v) is 1.21. The molecule has 0 radical (unpaired) electrons. The first-order valence-corrected chi connectivity index (χ1v) is 3.56. The normalized spacial score (nSPS) is 15.5. The van der Waals surface area contributed by atoms with Crippen molar-refractivity contribution in [1.29, 1.82) is 0 Å². The van der Waals surface area contributed by atoms with Crippen molar-refractivity contribution in [3.63, 3.8) is 0 Å². The molecule has 11 heavy (non-hydrogen) atoms. The van der Waals surface area contributed by atoms with Gasteiger partial charge in [-0.15, -0.1) is 0 Å². The second-order valence-corrected chi connectivity index (χ2v) is 3.10. The minimum absolute atomic E-state index is 0.104. The summed E-state index contributed by atoms with van der Waals surface area (Å²) in [5.74, 6) is 0.104. The lowest BCUT2D eigenvalue weighted by Crippen LogP contribution is -2.20. The Bertz CT molecular complexity index is 109. The SMILES string of the molecule is CC(C)C[C@@H](O)CC(F)(F)F. The fourth-order valence-corrected chi connectivity index (χ4v) is 0.895. The molecule has 0 aliphatic rings. The van der Waals surface area contributed by atoms with Gasteiger partial charge in [0, 0.05) is 0 Å². The van der Waals surface area contributed by atoms with Gasteiger partial charge in [-0.05, 0) is 12.3 Å². The summed E-state index contributed by atoms with van der Waals surface area (Å²) in [4.78, 5) is 0. The molecule has 68 valence electrons. The average molecular weight is 170 g/mol. The summed E-state index contributed by atoms with van der Waals surface area (Å²) in [6.45, 7) is 3.55. The summed E-state index contributed by atoms with van der Waals surface area (Å²) in [6, 6.07) is 0. The van der Waals surface area contributed by atoms with E-state index < -0.39 is 18.7 Å². The van der Waals surface area contributed by atoms with Crippen LogP contribution < -0.4 is 0 Å². The van der Waals surface area contributed by atoms with Crippen LogP contribution in [0, 0.1) is 5.92 Å². The van der Waals surface area contributed by atoms with Crippen LogP contribution in [-0.4, -0.2) is 17.4 Å². The molecule has 0 rings (SSSR count). The van der Waals surface area contributed by atoms with E-state index >= 15 is 0 Å². The highest BCUT2D eigenvalue weighted by Crippen LogP contribution is 2.23. The predicted octanol–water partition coefficient (Wildman–Crippen LogP) is 2.35. The van der Waals surface area contributed by atoms with E-state index in [1.807, 2.05) is 0 Å². The van der Waals surface area contributed by atoms with Gasteiger partial charge in [0.15, 0.2) is 0 Å². The summed E-state index contributed by atoms with van der Waals surface area (Å²) >= 11 is 0.